The number of carbonyl (C=O) groups is 2. The van der Waals surface area contributed by atoms with Crippen molar-refractivity contribution in [1.29, 1.82) is 0 Å². The van der Waals surface area contributed by atoms with Gasteiger partial charge in [-0.05, 0) is 48.3 Å². The summed E-state index contributed by atoms with van der Waals surface area (Å²) in [7, 11) is 0. The number of dihydropyridines is 1. The summed E-state index contributed by atoms with van der Waals surface area (Å²) in [5.41, 5.74) is 4.58. The van der Waals surface area contributed by atoms with Crippen molar-refractivity contribution in [3.8, 4) is 11.5 Å². The van der Waals surface area contributed by atoms with Crippen molar-refractivity contribution in [1.82, 2.24) is 5.32 Å². The van der Waals surface area contributed by atoms with E-state index in [0.29, 0.717) is 47.8 Å². The van der Waals surface area contributed by atoms with Crippen LogP contribution < -0.4 is 14.8 Å². The van der Waals surface area contributed by atoms with Crippen molar-refractivity contribution in [3.05, 3.63) is 80.6 Å². The van der Waals surface area contributed by atoms with Crippen molar-refractivity contribution in [2.75, 3.05) is 24.9 Å². The van der Waals surface area contributed by atoms with Gasteiger partial charge < -0.3 is 19.5 Å². The van der Waals surface area contributed by atoms with Crippen molar-refractivity contribution in [2.45, 2.75) is 38.5 Å². The Morgan fingerprint density at radius 1 is 1.17 bits per heavy atom. The molecule has 2 aromatic carbocycles. The molecule has 3 aliphatic rings. The van der Waals surface area contributed by atoms with Crippen molar-refractivity contribution >= 4 is 39.4 Å². The quantitative estimate of drug-likeness (QED) is 0.332. The Hall–Kier alpha value is -2.71. The number of fused-ring (bicyclic) bond motifs is 1. The molecule has 0 saturated carbocycles. The fourth-order valence-electron chi connectivity index (χ4n) is 5.15. The molecule has 36 heavy (non-hydrogen) atoms. The third kappa shape index (κ3) is 4.81. The van der Waals surface area contributed by atoms with Crippen LogP contribution in [0.5, 0.6) is 11.5 Å². The number of allylic oxidation sites excluding steroid dienone is 3. The summed E-state index contributed by atoms with van der Waals surface area (Å²) >= 11 is 5.39. The van der Waals surface area contributed by atoms with Gasteiger partial charge in [0.15, 0.2) is 17.3 Å². The van der Waals surface area contributed by atoms with E-state index in [4.69, 9.17) is 14.2 Å². The molecule has 0 saturated heterocycles. The number of esters is 1. The number of ether oxygens (including phenoxy) is 3. The largest absolute Gasteiger partial charge is 0.461 e. The van der Waals surface area contributed by atoms with E-state index in [1.165, 1.54) is 0 Å². The van der Waals surface area contributed by atoms with Crippen LogP contribution in [0.15, 0.2) is 69.5 Å². The summed E-state index contributed by atoms with van der Waals surface area (Å²) in [6.07, 6.45) is 1.08. The average Bonchev–Trinajstić information content (AvgIpc) is 3.32. The van der Waals surface area contributed by atoms with Gasteiger partial charge in [-0.3, -0.25) is 4.79 Å². The van der Waals surface area contributed by atoms with E-state index < -0.39 is 11.9 Å². The molecule has 8 heteroatoms. The SMILES string of the molecule is CCSCCOC(=O)C1=C(C)NC2=C(C(=O)C[C@@H](c3ccccc3)C2)[C@@H]1c1cc2c(cc1Br)OCO2. The highest BCUT2D eigenvalue weighted by Crippen LogP contribution is 2.49. The number of rotatable bonds is 7. The van der Waals surface area contributed by atoms with Gasteiger partial charge in [-0.2, -0.15) is 11.8 Å². The summed E-state index contributed by atoms with van der Waals surface area (Å²) in [4.78, 5) is 27.2. The number of carbonyl (C=O) groups excluding carboxylic acids is 2. The third-order valence-electron chi connectivity index (χ3n) is 6.79. The maximum atomic E-state index is 13.8. The molecule has 6 nitrogen and oxygen atoms in total. The van der Waals surface area contributed by atoms with E-state index >= 15 is 0 Å². The molecule has 2 heterocycles. The number of thioether (sulfide) groups is 1. The van der Waals surface area contributed by atoms with E-state index in [9.17, 15) is 9.59 Å². The highest BCUT2D eigenvalue weighted by molar-refractivity contribution is 9.10. The lowest BCUT2D eigenvalue weighted by molar-refractivity contribution is -0.138. The highest BCUT2D eigenvalue weighted by Gasteiger charge is 2.42. The molecule has 0 unspecified atom stereocenters. The molecule has 0 bridgehead atoms. The van der Waals surface area contributed by atoms with E-state index in [1.54, 1.807) is 11.8 Å². The summed E-state index contributed by atoms with van der Waals surface area (Å²) in [6.45, 7) is 4.41. The van der Waals surface area contributed by atoms with Gasteiger partial charge in [0.25, 0.3) is 0 Å². The van der Waals surface area contributed by atoms with Crippen LogP contribution in [0.4, 0.5) is 0 Å². The molecule has 1 aliphatic carbocycles. The monoisotopic (exact) mass is 569 g/mol. The molecule has 0 amide bonds. The van der Waals surface area contributed by atoms with Crippen LogP contribution in [-0.4, -0.2) is 36.7 Å². The lowest BCUT2D eigenvalue weighted by atomic mass is 9.71. The first-order chi connectivity index (χ1) is 17.5. The normalized spacial score (nSPS) is 20.8. The van der Waals surface area contributed by atoms with Crippen molar-refractivity contribution < 1.29 is 23.8 Å². The molecule has 5 rings (SSSR count). The molecular weight excluding hydrogens is 542 g/mol. The average molecular weight is 571 g/mol. The number of nitrogens with one attached hydrogen (secondary N) is 1. The molecule has 0 aromatic heterocycles. The van der Waals surface area contributed by atoms with E-state index in [1.807, 2.05) is 37.3 Å². The summed E-state index contributed by atoms with van der Waals surface area (Å²) in [6, 6.07) is 13.8. The van der Waals surface area contributed by atoms with Crippen LogP contribution in [0.3, 0.4) is 0 Å². The van der Waals surface area contributed by atoms with Gasteiger partial charge in [-0.15, -0.1) is 0 Å². The Kier molecular flexibility index (Phi) is 7.44. The predicted octanol–water partition coefficient (Wildman–Crippen LogP) is 5.84. The van der Waals surface area contributed by atoms with Crippen LogP contribution in [0, 0.1) is 0 Å². The minimum absolute atomic E-state index is 0.0338. The zero-order valence-electron chi connectivity index (χ0n) is 20.3. The van der Waals surface area contributed by atoms with E-state index in [-0.39, 0.29) is 18.5 Å². The molecular formula is C28H28BrNO5S. The van der Waals surface area contributed by atoms with Gasteiger partial charge in [0.2, 0.25) is 6.79 Å². The lowest BCUT2D eigenvalue weighted by Gasteiger charge is -2.37. The smallest absolute Gasteiger partial charge is 0.336 e. The fourth-order valence-corrected chi connectivity index (χ4v) is 6.19. The Morgan fingerprint density at radius 3 is 2.67 bits per heavy atom. The fraction of sp³-hybridized carbons (Fsp3) is 0.357. The minimum atomic E-state index is -0.569. The second kappa shape index (κ2) is 10.7. The predicted molar refractivity (Wildman–Crippen MR) is 143 cm³/mol. The first-order valence-electron chi connectivity index (χ1n) is 12.1. The van der Waals surface area contributed by atoms with E-state index in [0.717, 1.165) is 32.8 Å². The molecule has 2 aromatic rings. The summed E-state index contributed by atoms with van der Waals surface area (Å²) < 4.78 is 17.6. The lowest BCUT2D eigenvalue weighted by Crippen LogP contribution is -2.36. The molecule has 1 N–H and O–H groups in total. The van der Waals surface area contributed by atoms with E-state index in [2.05, 4.69) is 40.3 Å². The first-order valence-corrected chi connectivity index (χ1v) is 14.1. The summed E-state index contributed by atoms with van der Waals surface area (Å²) in [5, 5.41) is 3.41. The Bertz CT molecular complexity index is 1260. The van der Waals surface area contributed by atoms with Gasteiger partial charge in [-0.1, -0.05) is 53.2 Å². The Balaban J connectivity index is 1.56. The molecule has 0 spiro atoms. The van der Waals surface area contributed by atoms with Gasteiger partial charge in [0.1, 0.15) is 6.61 Å². The number of Topliss-reactive ketones (excluding diaryl/α,β-unsaturated/α-hetero) is 1. The number of hydrogen-bond acceptors (Lipinski definition) is 7. The molecule has 2 aliphatic heterocycles. The number of ketones is 1. The van der Waals surface area contributed by atoms with Gasteiger partial charge in [-0.25, -0.2) is 4.79 Å². The summed E-state index contributed by atoms with van der Waals surface area (Å²) in [5.74, 6) is 2.06. The molecule has 0 fully saturated rings. The maximum absolute atomic E-state index is 13.8. The number of halogens is 1. The van der Waals surface area contributed by atoms with Gasteiger partial charge >= 0.3 is 5.97 Å². The van der Waals surface area contributed by atoms with Crippen molar-refractivity contribution in [2.24, 2.45) is 0 Å². The van der Waals surface area contributed by atoms with Crippen LogP contribution >= 0.6 is 27.7 Å². The van der Waals surface area contributed by atoms with Crippen molar-refractivity contribution in [3.63, 3.8) is 0 Å². The maximum Gasteiger partial charge on any atom is 0.336 e. The molecule has 2 atom stereocenters. The minimum Gasteiger partial charge on any atom is -0.461 e. The Morgan fingerprint density at radius 2 is 1.92 bits per heavy atom. The van der Waals surface area contributed by atoms with Crippen LogP contribution in [0.2, 0.25) is 0 Å². The number of benzene rings is 2. The second-order valence-electron chi connectivity index (χ2n) is 8.99. The topological polar surface area (TPSA) is 73.9 Å². The molecule has 0 radical (unpaired) electrons. The second-order valence-corrected chi connectivity index (χ2v) is 11.2. The van der Waals surface area contributed by atoms with Gasteiger partial charge in [0.05, 0.1) is 5.57 Å². The van der Waals surface area contributed by atoms with Crippen LogP contribution in [0.25, 0.3) is 0 Å². The standard InChI is InChI=1S/C28H28BrNO5S/c1-3-36-10-9-33-28(32)25-16(2)30-21-11-18(17-7-5-4-6-8-17)12-22(31)27(21)26(25)19-13-23-24(14-20(19)29)35-15-34-23/h4-8,13-14,18,26,30H,3,9-12,15H2,1-2H3/t18-,26+/m0/s1. The highest BCUT2D eigenvalue weighted by atomic mass is 79.9. The molecule has 188 valence electrons. The van der Waals surface area contributed by atoms with Crippen LogP contribution in [0.1, 0.15) is 49.7 Å². The first kappa shape index (κ1) is 25.0. The van der Waals surface area contributed by atoms with Gasteiger partial charge in [0, 0.05) is 39.5 Å². The number of hydrogen-bond donors (Lipinski definition) is 1. The third-order valence-corrected chi connectivity index (χ3v) is 8.34. The Labute approximate surface area is 223 Å². The van der Waals surface area contributed by atoms with Crippen LogP contribution in [-0.2, 0) is 14.3 Å². The zero-order chi connectivity index (χ0) is 25.2. The zero-order valence-corrected chi connectivity index (χ0v) is 22.7.